The number of methoxy groups -OCH3 is 2. The molecule has 2 aromatic rings. The Balaban J connectivity index is 1.50. The minimum absolute atomic E-state index is 0.0244. The highest BCUT2D eigenvalue weighted by Crippen LogP contribution is 2.39. The van der Waals surface area contributed by atoms with E-state index in [0.29, 0.717) is 19.8 Å². The first-order valence-electron chi connectivity index (χ1n) is 14.0. The lowest BCUT2D eigenvalue weighted by Gasteiger charge is -2.43. The molecule has 2 aromatic carbocycles. The molecule has 1 unspecified atom stereocenters. The van der Waals surface area contributed by atoms with Crippen LogP contribution in [0.25, 0.3) is 0 Å². The fourth-order valence-electron chi connectivity index (χ4n) is 5.65. The summed E-state index contributed by atoms with van der Waals surface area (Å²) in [6.45, 7) is 10.4. The molecule has 2 heterocycles. The van der Waals surface area contributed by atoms with Crippen LogP contribution in [0.3, 0.4) is 0 Å². The van der Waals surface area contributed by atoms with Gasteiger partial charge in [-0.1, -0.05) is 39.0 Å². The molecule has 39 heavy (non-hydrogen) atoms. The molecule has 8 heteroatoms. The number of benzene rings is 2. The second kappa shape index (κ2) is 13.0. The number of carbonyl (C=O) groups is 1. The number of primary amides is 1. The van der Waals surface area contributed by atoms with Crippen LogP contribution in [-0.4, -0.2) is 65.1 Å². The number of carbonyl (C=O) groups excluding carboxylic acids is 1. The van der Waals surface area contributed by atoms with Crippen molar-refractivity contribution in [3.8, 4) is 11.5 Å². The summed E-state index contributed by atoms with van der Waals surface area (Å²) in [6, 6.07) is 14.7. The molecule has 0 aliphatic carbocycles. The van der Waals surface area contributed by atoms with Gasteiger partial charge in [-0.3, -0.25) is 4.79 Å². The van der Waals surface area contributed by atoms with Gasteiger partial charge in [0.2, 0.25) is 5.91 Å². The van der Waals surface area contributed by atoms with E-state index in [1.54, 1.807) is 14.2 Å². The quantitative estimate of drug-likeness (QED) is 0.392. The van der Waals surface area contributed by atoms with Crippen LogP contribution in [-0.2, 0) is 20.9 Å². The zero-order valence-corrected chi connectivity index (χ0v) is 24.1. The maximum Gasteiger partial charge on any atom is 0.223 e. The molecule has 0 radical (unpaired) electrons. The zero-order chi connectivity index (χ0) is 28.0. The molecular weight excluding hydrogens is 494 g/mol. The number of fused-ring (bicyclic) bond motifs is 1. The average molecular weight is 540 g/mol. The maximum atomic E-state index is 12.2. The van der Waals surface area contributed by atoms with Gasteiger partial charge in [0.25, 0.3) is 0 Å². The normalized spacial score (nSPS) is 22.1. The molecular formula is C31H45N3O5. The third-order valence-electron chi connectivity index (χ3n) is 8.68. The van der Waals surface area contributed by atoms with E-state index in [0.717, 1.165) is 55.3 Å². The molecule has 214 valence electrons. The van der Waals surface area contributed by atoms with Crippen molar-refractivity contribution < 1.29 is 23.7 Å². The van der Waals surface area contributed by atoms with Crippen LogP contribution >= 0.6 is 0 Å². The number of ether oxygens (including phenoxy) is 4. The van der Waals surface area contributed by atoms with Gasteiger partial charge in [0.05, 0.1) is 32.1 Å². The van der Waals surface area contributed by atoms with Crippen LogP contribution in [0.4, 0.5) is 5.69 Å². The van der Waals surface area contributed by atoms with Crippen molar-refractivity contribution in [3.05, 3.63) is 53.6 Å². The maximum absolute atomic E-state index is 12.2. The minimum atomic E-state index is -0.615. The molecule has 1 fully saturated rings. The fourth-order valence-corrected chi connectivity index (χ4v) is 5.65. The predicted molar refractivity (Wildman–Crippen MR) is 154 cm³/mol. The summed E-state index contributed by atoms with van der Waals surface area (Å²) < 4.78 is 23.2. The number of hydrogen-bond acceptors (Lipinski definition) is 7. The van der Waals surface area contributed by atoms with Gasteiger partial charge in [-0.25, -0.2) is 0 Å². The van der Waals surface area contributed by atoms with Gasteiger partial charge in [-0.15, -0.1) is 0 Å². The highest BCUT2D eigenvalue weighted by molar-refractivity contribution is 5.80. The fraction of sp³-hybridized carbons (Fsp3) is 0.581. The Morgan fingerprint density at radius 1 is 1.21 bits per heavy atom. The topological polar surface area (TPSA) is 95.3 Å². The van der Waals surface area contributed by atoms with Crippen molar-refractivity contribution in [1.82, 2.24) is 5.32 Å². The number of nitrogens with two attached hydrogens (primary N) is 1. The largest absolute Gasteiger partial charge is 0.497 e. The van der Waals surface area contributed by atoms with Crippen molar-refractivity contribution in [2.45, 2.75) is 58.3 Å². The smallest absolute Gasteiger partial charge is 0.223 e. The van der Waals surface area contributed by atoms with Gasteiger partial charge in [0, 0.05) is 44.2 Å². The van der Waals surface area contributed by atoms with E-state index < -0.39 is 5.41 Å². The molecule has 4 atom stereocenters. The van der Waals surface area contributed by atoms with Crippen LogP contribution in [0.15, 0.2) is 42.5 Å². The number of rotatable bonds is 12. The molecule has 2 aliphatic heterocycles. The Bertz CT molecular complexity index is 1090. The van der Waals surface area contributed by atoms with Crippen LogP contribution in [0.5, 0.6) is 11.5 Å². The van der Waals surface area contributed by atoms with Crippen LogP contribution in [0, 0.1) is 11.3 Å². The summed E-state index contributed by atoms with van der Waals surface area (Å²) in [7, 11) is 3.42. The molecule has 1 saturated heterocycles. The second-order valence-electron chi connectivity index (χ2n) is 11.3. The Hall–Kier alpha value is -2.81. The van der Waals surface area contributed by atoms with Crippen molar-refractivity contribution >= 4 is 11.6 Å². The van der Waals surface area contributed by atoms with E-state index in [-0.39, 0.29) is 29.9 Å². The van der Waals surface area contributed by atoms with Crippen LogP contribution in [0.1, 0.15) is 50.7 Å². The standard InChI is InChI=1S/C31H45N3O5/c1-21(31(2,3)30(32)35)26-18-25(23-8-10-24(37-5)11-9-23)29(19-33-26)39-20-22-7-12-28-27(17-22)34(14-16-38-28)13-6-15-36-4/h7-12,17,21,25-26,29,33H,6,13-16,18-20H2,1-5H3,(H2,32,35)/t21?,25-,26+,29+/m1/s1. The lowest BCUT2D eigenvalue weighted by Crippen LogP contribution is -2.54. The highest BCUT2D eigenvalue weighted by atomic mass is 16.5. The molecule has 2 aliphatic rings. The van der Waals surface area contributed by atoms with Gasteiger partial charge >= 0.3 is 0 Å². The third-order valence-corrected chi connectivity index (χ3v) is 8.68. The summed E-state index contributed by atoms with van der Waals surface area (Å²) >= 11 is 0. The van der Waals surface area contributed by atoms with E-state index in [2.05, 4.69) is 47.5 Å². The Kier molecular flexibility index (Phi) is 9.75. The first-order valence-corrected chi connectivity index (χ1v) is 14.0. The lowest BCUT2D eigenvalue weighted by molar-refractivity contribution is -0.129. The Morgan fingerprint density at radius 2 is 1.97 bits per heavy atom. The number of anilines is 1. The monoisotopic (exact) mass is 539 g/mol. The van der Waals surface area contributed by atoms with E-state index in [9.17, 15) is 4.79 Å². The lowest BCUT2D eigenvalue weighted by atomic mass is 9.70. The number of nitrogens with one attached hydrogen (secondary N) is 1. The average Bonchev–Trinajstić information content (AvgIpc) is 2.95. The number of piperidine rings is 1. The van der Waals surface area contributed by atoms with E-state index in [1.165, 1.54) is 5.56 Å². The van der Waals surface area contributed by atoms with E-state index in [1.807, 2.05) is 26.0 Å². The van der Waals surface area contributed by atoms with E-state index in [4.69, 9.17) is 24.7 Å². The van der Waals surface area contributed by atoms with Gasteiger partial charge in [-0.05, 0) is 54.2 Å². The molecule has 4 rings (SSSR count). The van der Waals surface area contributed by atoms with Crippen molar-refractivity contribution in [1.29, 1.82) is 0 Å². The van der Waals surface area contributed by atoms with Gasteiger partial charge in [0.15, 0.2) is 0 Å². The van der Waals surface area contributed by atoms with Crippen molar-refractivity contribution in [3.63, 3.8) is 0 Å². The Morgan fingerprint density at radius 3 is 2.67 bits per heavy atom. The van der Waals surface area contributed by atoms with Gasteiger partial charge in [0.1, 0.15) is 18.1 Å². The van der Waals surface area contributed by atoms with Crippen LogP contribution in [0.2, 0.25) is 0 Å². The molecule has 1 amide bonds. The molecule has 0 saturated carbocycles. The van der Waals surface area contributed by atoms with Gasteiger partial charge < -0.3 is 34.9 Å². The molecule has 3 N–H and O–H groups in total. The first-order chi connectivity index (χ1) is 18.7. The summed E-state index contributed by atoms with van der Waals surface area (Å²) in [4.78, 5) is 14.6. The van der Waals surface area contributed by atoms with E-state index >= 15 is 0 Å². The second-order valence-corrected chi connectivity index (χ2v) is 11.3. The number of hydrogen-bond donors (Lipinski definition) is 2. The molecule has 8 nitrogen and oxygen atoms in total. The summed E-state index contributed by atoms with van der Waals surface area (Å²) in [6.07, 6.45) is 1.80. The van der Waals surface area contributed by atoms with Crippen LogP contribution < -0.4 is 25.4 Å². The molecule has 0 aromatic heterocycles. The van der Waals surface area contributed by atoms with Crippen molar-refractivity contribution in [2.75, 3.05) is 52.0 Å². The zero-order valence-electron chi connectivity index (χ0n) is 24.1. The van der Waals surface area contributed by atoms with Gasteiger partial charge in [-0.2, -0.15) is 0 Å². The predicted octanol–water partition coefficient (Wildman–Crippen LogP) is 4.11. The first kappa shape index (κ1) is 29.2. The highest BCUT2D eigenvalue weighted by Gasteiger charge is 2.41. The van der Waals surface area contributed by atoms with Crippen molar-refractivity contribution in [2.24, 2.45) is 17.1 Å². The minimum Gasteiger partial charge on any atom is -0.497 e. The SMILES string of the molecule is COCCCN1CCOc2ccc(CO[C@H]3CN[C@H](C(C)C(C)(C)C(N)=O)C[C@@H]3c3ccc(OC)cc3)cc21. The summed E-state index contributed by atoms with van der Waals surface area (Å²) in [5, 5.41) is 3.68. The molecule has 0 spiro atoms. The summed E-state index contributed by atoms with van der Waals surface area (Å²) in [5.74, 6) is 1.72. The summed E-state index contributed by atoms with van der Waals surface area (Å²) in [5.41, 5.74) is 8.60. The third kappa shape index (κ3) is 6.86. The number of nitrogens with zero attached hydrogens (tertiary/aromatic N) is 1. The molecule has 0 bridgehead atoms. The Labute approximate surface area is 233 Å². The number of amides is 1.